The van der Waals surface area contributed by atoms with Crippen molar-refractivity contribution in [2.75, 3.05) is 5.32 Å². The van der Waals surface area contributed by atoms with Gasteiger partial charge in [-0.2, -0.15) is 0 Å². The zero-order valence-corrected chi connectivity index (χ0v) is 20.3. The molecule has 0 aliphatic heterocycles. The lowest BCUT2D eigenvalue weighted by atomic mass is 9.85. The Hall–Kier alpha value is -5.17. The van der Waals surface area contributed by atoms with Gasteiger partial charge in [0.15, 0.2) is 0 Å². The van der Waals surface area contributed by atoms with Gasteiger partial charge in [0, 0.05) is 63.5 Å². The van der Waals surface area contributed by atoms with E-state index in [0.717, 1.165) is 27.4 Å². The average Bonchev–Trinajstić information content (AvgIpc) is 3.57. The Balaban J connectivity index is 1.38. The number of H-pyrrole nitrogens is 2. The fourth-order valence-corrected chi connectivity index (χ4v) is 5.12. The van der Waals surface area contributed by atoms with Gasteiger partial charge >= 0.3 is 0 Å². The van der Waals surface area contributed by atoms with Crippen LogP contribution in [0.1, 0.15) is 33.0 Å². The molecule has 3 N–H and O–H groups in total. The summed E-state index contributed by atoms with van der Waals surface area (Å²) in [5.74, 6) is -0.303. The SMILES string of the molecule is O=C(Nc1ccccc1CC(c1c[nH]c2ccccc12)c1c[nH]c2ccccc12)c1ccc([N+](=O)[O-])cc1. The predicted molar refractivity (Wildman–Crippen MR) is 150 cm³/mol. The maximum atomic E-state index is 13.0. The Bertz CT molecular complexity index is 1710. The molecule has 0 saturated heterocycles. The number of fused-ring (bicyclic) bond motifs is 2. The number of nitrogens with one attached hydrogen (secondary N) is 3. The molecule has 0 fully saturated rings. The molecule has 7 nitrogen and oxygen atoms in total. The van der Waals surface area contributed by atoms with Gasteiger partial charge in [0.2, 0.25) is 0 Å². The van der Waals surface area contributed by atoms with E-state index in [2.05, 4.69) is 51.9 Å². The highest BCUT2D eigenvalue weighted by molar-refractivity contribution is 6.04. The molecule has 0 aliphatic rings. The van der Waals surface area contributed by atoms with Gasteiger partial charge in [0.25, 0.3) is 11.6 Å². The number of nitro benzene ring substituents is 1. The molecule has 0 unspecified atom stereocenters. The monoisotopic (exact) mass is 500 g/mol. The molecule has 0 radical (unpaired) electrons. The number of non-ortho nitro benzene ring substituents is 1. The number of nitro groups is 1. The van der Waals surface area contributed by atoms with Crippen molar-refractivity contribution in [3.63, 3.8) is 0 Å². The second kappa shape index (κ2) is 9.71. The van der Waals surface area contributed by atoms with Gasteiger partial charge in [0.05, 0.1) is 4.92 Å². The van der Waals surface area contributed by atoms with Crippen molar-refractivity contribution in [2.45, 2.75) is 12.3 Å². The first-order valence-electron chi connectivity index (χ1n) is 12.3. The Labute approximate surface area is 218 Å². The van der Waals surface area contributed by atoms with Crippen LogP contribution < -0.4 is 5.32 Å². The third-order valence-electron chi connectivity index (χ3n) is 7.02. The average molecular weight is 501 g/mol. The highest BCUT2D eigenvalue weighted by Crippen LogP contribution is 2.38. The summed E-state index contributed by atoms with van der Waals surface area (Å²) in [6.07, 6.45) is 4.81. The van der Waals surface area contributed by atoms with E-state index in [-0.39, 0.29) is 17.5 Å². The van der Waals surface area contributed by atoms with E-state index < -0.39 is 4.92 Å². The van der Waals surface area contributed by atoms with Crippen molar-refractivity contribution in [3.8, 4) is 0 Å². The van der Waals surface area contributed by atoms with Gasteiger partial charge in [-0.3, -0.25) is 14.9 Å². The summed E-state index contributed by atoms with van der Waals surface area (Å²) in [7, 11) is 0. The van der Waals surface area contributed by atoms with Crippen LogP contribution in [-0.2, 0) is 6.42 Å². The highest BCUT2D eigenvalue weighted by atomic mass is 16.6. The Morgan fingerprint density at radius 3 is 1.92 bits per heavy atom. The molecule has 2 aromatic heterocycles. The molecule has 6 rings (SSSR count). The minimum absolute atomic E-state index is 0.0136. The maximum Gasteiger partial charge on any atom is 0.269 e. The normalized spacial score (nSPS) is 11.3. The Kier molecular flexibility index (Phi) is 5.94. The molecule has 1 amide bonds. The molecule has 4 aromatic carbocycles. The number of amides is 1. The number of anilines is 1. The van der Waals surface area contributed by atoms with Crippen LogP contribution in [0.3, 0.4) is 0 Å². The number of carbonyl (C=O) groups is 1. The molecule has 38 heavy (non-hydrogen) atoms. The van der Waals surface area contributed by atoms with Crippen molar-refractivity contribution < 1.29 is 9.72 Å². The van der Waals surface area contributed by atoms with Crippen molar-refractivity contribution in [3.05, 3.63) is 142 Å². The lowest BCUT2D eigenvalue weighted by Gasteiger charge is -2.19. The second-order valence-corrected chi connectivity index (χ2v) is 9.25. The Morgan fingerprint density at radius 2 is 1.32 bits per heavy atom. The third-order valence-corrected chi connectivity index (χ3v) is 7.02. The minimum atomic E-state index is -0.480. The predicted octanol–water partition coefficient (Wildman–Crippen LogP) is 7.18. The van der Waals surface area contributed by atoms with Crippen LogP contribution in [0.4, 0.5) is 11.4 Å². The molecular weight excluding hydrogens is 476 g/mol. The fourth-order valence-electron chi connectivity index (χ4n) is 5.12. The molecule has 0 bridgehead atoms. The molecule has 7 heteroatoms. The van der Waals surface area contributed by atoms with Gasteiger partial charge in [-0.25, -0.2) is 0 Å². The first-order chi connectivity index (χ1) is 18.6. The van der Waals surface area contributed by atoms with Gasteiger partial charge in [-0.1, -0.05) is 54.6 Å². The van der Waals surface area contributed by atoms with E-state index in [4.69, 9.17) is 0 Å². The van der Waals surface area contributed by atoms with Crippen LogP contribution in [-0.4, -0.2) is 20.8 Å². The fraction of sp³-hybridized carbons (Fsp3) is 0.0645. The van der Waals surface area contributed by atoms with Crippen LogP contribution in [0.15, 0.2) is 109 Å². The third kappa shape index (κ3) is 4.30. The van der Waals surface area contributed by atoms with E-state index >= 15 is 0 Å². The lowest BCUT2D eigenvalue weighted by molar-refractivity contribution is -0.384. The summed E-state index contributed by atoms with van der Waals surface area (Å²) in [6, 6.07) is 29.9. The van der Waals surface area contributed by atoms with E-state index in [1.165, 1.54) is 35.4 Å². The standard InChI is InChI=1S/C31H24N4O3/c36-31(20-13-15-22(16-14-20)35(37)38)34-28-10-4-1-7-21(28)17-25(26-18-32-29-11-5-2-8-23(26)29)27-19-33-30-12-6-3-9-24(27)30/h1-16,18-19,25,32-33H,17H2,(H,34,36). The molecule has 0 saturated carbocycles. The van der Waals surface area contributed by atoms with E-state index in [9.17, 15) is 14.9 Å². The molecule has 6 aromatic rings. The van der Waals surface area contributed by atoms with Gasteiger partial charge in [0.1, 0.15) is 0 Å². The molecule has 0 aliphatic carbocycles. The summed E-state index contributed by atoms with van der Waals surface area (Å²) in [4.78, 5) is 30.4. The van der Waals surface area contributed by atoms with Crippen LogP contribution in [0, 0.1) is 10.1 Å². The number of carbonyl (C=O) groups excluding carboxylic acids is 1. The minimum Gasteiger partial charge on any atom is -0.361 e. The zero-order chi connectivity index (χ0) is 26.1. The van der Waals surface area contributed by atoms with Crippen molar-refractivity contribution in [2.24, 2.45) is 0 Å². The number of nitrogens with zero attached hydrogens (tertiary/aromatic N) is 1. The smallest absolute Gasteiger partial charge is 0.269 e. The van der Waals surface area contributed by atoms with Crippen LogP contribution in [0.25, 0.3) is 21.8 Å². The van der Waals surface area contributed by atoms with Crippen LogP contribution in [0.5, 0.6) is 0 Å². The van der Waals surface area contributed by atoms with E-state index in [1.807, 2.05) is 48.5 Å². The number of para-hydroxylation sites is 3. The van der Waals surface area contributed by atoms with Gasteiger partial charge in [-0.15, -0.1) is 0 Å². The highest BCUT2D eigenvalue weighted by Gasteiger charge is 2.23. The van der Waals surface area contributed by atoms with Crippen molar-refractivity contribution >= 4 is 39.1 Å². The lowest BCUT2D eigenvalue weighted by Crippen LogP contribution is -2.14. The van der Waals surface area contributed by atoms with Gasteiger partial charge < -0.3 is 15.3 Å². The quantitative estimate of drug-likeness (QED) is 0.160. The molecular formula is C31H24N4O3. The van der Waals surface area contributed by atoms with Crippen LogP contribution in [0.2, 0.25) is 0 Å². The topological polar surface area (TPSA) is 104 Å². The second-order valence-electron chi connectivity index (χ2n) is 9.25. The zero-order valence-electron chi connectivity index (χ0n) is 20.3. The molecule has 186 valence electrons. The number of aromatic amines is 2. The summed E-state index contributed by atoms with van der Waals surface area (Å²) in [6.45, 7) is 0. The number of rotatable bonds is 7. The summed E-state index contributed by atoms with van der Waals surface area (Å²) in [5.41, 5.74) is 6.52. The molecule has 0 atom stereocenters. The van der Waals surface area contributed by atoms with Crippen LogP contribution >= 0.6 is 0 Å². The largest absolute Gasteiger partial charge is 0.361 e. The number of benzene rings is 4. The summed E-state index contributed by atoms with van der Waals surface area (Å²) >= 11 is 0. The van der Waals surface area contributed by atoms with Crippen molar-refractivity contribution in [1.82, 2.24) is 9.97 Å². The van der Waals surface area contributed by atoms with Gasteiger partial charge in [-0.05, 0) is 53.4 Å². The molecule has 0 spiro atoms. The molecule has 2 heterocycles. The number of hydrogen-bond donors (Lipinski definition) is 3. The first-order valence-corrected chi connectivity index (χ1v) is 12.3. The maximum absolute atomic E-state index is 13.0. The summed E-state index contributed by atoms with van der Waals surface area (Å²) in [5, 5.41) is 16.3. The number of hydrogen-bond acceptors (Lipinski definition) is 3. The number of aromatic nitrogens is 2. The Morgan fingerprint density at radius 1 is 0.763 bits per heavy atom. The summed E-state index contributed by atoms with van der Waals surface area (Å²) < 4.78 is 0. The van der Waals surface area contributed by atoms with E-state index in [0.29, 0.717) is 17.7 Å². The van der Waals surface area contributed by atoms with Crippen molar-refractivity contribution in [1.29, 1.82) is 0 Å². The van der Waals surface area contributed by atoms with E-state index in [1.54, 1.807) is 0 Å². The first kappa shape index (κ1) is 23.2.